The van der Waals surface area contributed by atoms with E-state index >= 15 is 0 Å². The number of benzene rings is 1. The Morgan fingerprint density at radius 1 is 1.19 bits per heavy atom. The van der Waals surface area contributed by atoms with Crippen LogP contribution in [0.2, 0.25) is 0 Å². The van der Waals surface area contributed by atoms with Crippen LogP contribution in [0.25, 0.3) is 17.2 Å². The molecule has 0 saturated heterocycles. The second kappa shape index (κ2) is 7.40. The van der Waals surface area contributed by atoms with Crippen LogP contribution < -0.4 is 5.32 Å². The SMILES string of the molecule is C[C@H]1[C@H](/C=C/c2ccc(-c3ccccc3C#N)cn2)C2=C(C[C@@H]1C)NCC2. The third kappa shape index (κ3) is 3.40. The van der Waals surface area contributed by atoms with E-state index in [0.29, 0.717) is 23.3 Å². The molecule has 0 fully saturated rings. The van der Waals surface area contributed by atoms with Gasteiger partial charge in [0.2, 0.25) is 0 Å². The van der Waals surface area contributed by atoms with Gasteiger partial charge in [0.15, 0.2) is 0 Å². The lowest BCUT2D eigenvalue weighted by atomic mass is 9.72. The third-order valence-corrected chi connectivity index (χ3v) is 6.13. The molecule has 4 rings (SSSR count). The summed E-state index contributed by atoms with van der Waals surface area (Å²) in [4.78, 5) is 4.62. The second-order valence-corrected chi connectivity index (χ2v) is 7.74. The van der Waals surface area contributed by atoms with Crippen molar-refractivity contribution in [2.75, 3.05) is 6.54 Å². The first-order valence-corrected chi connectivity index (χ1v) is 9.77. The van der Waals surface area contributed by atoms with Crippen LogP contribution in [-0.4, -0.2) is 11.5 Å². The smallest absolute Gasteiger partial charge is 0.0998 e. The molecule has 1 aromatic carbocycles. The van der Waals surface area contributed by atoms with Crippen molar-refractivity contribution in [1.82, 2.24) is 10.3 Å². The van der Waals surface area contributed by atoms with Gasteiger partial charge in [-0.15, -0.1) is 0 Å². The van der Waals surface area contributed by atoms with Crippen LogP contribution in [0.4, 0.5) is 0 Å². The van der Waals surface area contributed by atoms with Crippen molar-refractivity contribution in [3.8, 4) is 17.2 Å². The number of pyridine rings is 1. The molecular formula is C24H25N3. The fraction of sp³-hybridized carbons (Fsp3) is 0.333. The van der Waals surface area contributed by atoms with Gasteiger partial charge in [-0.1, -0.05) is 44.2 Å². The van der Waals surface area contributed by atoms with Crippen molar-refractivity contribution in [3.05, 3.63) is 71.2 Å². The zero-order chi connectivity index (χ0) is 18.8. The van der Waals surface area contributed by atoms with Gasteiger partial charge in [-0.3, -0.25) is 4.98 Å². The normalized spacial score (nSPS) is 24.6. The van der Waals surface area contributed by atoms with Crippen molar-refractivity contribution in [2.24, 2.45) is 17.8 Å². The third-order valence-electron chi connectivity index (χ3n) is 6.13. The van der Waals surface area contributed by atoms with Crippen LogP contribution in [0.1, 0.15) is 37.9 Å². The molecule has 2 heterocycles. The molecule has 1 aromatic heterocycles. The van der Waals surface area contributed by atoms with E-state index in [-0.39, 0.29) is 0 Å². The Balaban J connectivity index is 1.56. The average molecular weight is 355 g/mol. The maximum atomic E-state index is 9.29. The quantitative estimate of drug-likeness (QED) is 0.826. The van der Waals surface area contributed by atoms with Crippen molar-refractivity contribution >= 4 is 6.08 Å². The molecule has 3 heteroatoms. The maximum Gasteiger partial charge on any atom is 0.0998 e. The molecule has 3 nitrogen and oxygen atoms in total. The average Bonchev–Trinajstić information content (AvgIpc) is 3.16. The number of hydrogen-bond donors (Lipinski definition) is 1. The lowest BCUT2D eigenvalue weighted by Gasteiger charge is -2.33. The molecule has 27 heavy (non-hydrogen) atoms. The number of allylic oxidation sites excluding steroid dienone is 2. The second-order valence-electron chi connectivity index (χ2n) is 7.74. The van der Waals surface area contributed by atoms with E-state index in [1.807, 2.05) is 36.5 Å². The largest absolute Gasteiger partial charge is 0.388 e. The van der Waals surface area contributed by atoms with Crippen molar-refractivity contribution in [1.29, 1.82) is 5.26 Å². The maximum absolute atomic E-state index is 9.29. The van der Waals surface area contributed by atoms with Gasteiger partial charge in [0.1, 0.15) is 0 Å². The predicted molar refractivity (Wildman–Crippen MR) is 110 cm³/mol. The summed E-state index contributed by atoms with van der Waals surface area (Å²) in [7, 11) is 0. The van der Waals surface area contributed by atoms with Crippen LogP contribution >= 0.6 is 0 Å². The lowest BCUT2D eigenvalue weighted by Crippen LogP contribution is -2.26. The zero-order valence-corrected chi connectivity index (χ0v) is 15.9. The summed E-state index contributed by atoms with van der Waals surface area (Å²) < 4.78 is 0. The van der Waals surface area contributed by atoms with Crippen LogP contribution in [0.15, 0.2) is 59.9 Å². The van der Waals surface area contributed by atoms with Gasteiger partial charge >= 0.3 is 0 Å². The summed E-state index contributed by atoms with van der Waals surface area (Å²) in [6.07, 6.45) is 8.71. The van der Waals surface area contributed by atoms with Crippen LogP contribution in [0.3, 0.4) is 0 Å². The van der Waals surface area contributed by atoms with Crippen molar-refractivity contribution in [3.63, 3.8) is 0 Å². The monoisotopic (exact) mass is 355 g/mol. The van der Waals surface area contributed by atoms with Gasteiger partial charge in [0.05, 0.1) is 17.3 Å². The molecule has 1 aliphatic heterocycles. The molecule has 0 radical (unpaired) electrons. The molecule has 0 saturated carbocycles. The van der Waals surface area contributed by atoms with Gasteiger partial charge in [-0.25, -0.2) is 0 Å². The molecule has 1 aliphatic carbocycles. The Labute approximate surface area is 161 Å². The van der Waals surface area contributed by atoms with E-state index in [4.69, 9.17) is 0 Å². The first kappa shape index (κ1) is 17.5. The Hall–Kier alpha value is -2.86. The minimum atomic E-state index is 0.500. The fourth-order valence-corrected chi connectivity index (χ4v) is 4.35. The predicted octanol–water partition coefficient (Wildman–Crippen LogP) is 5.17. The van der Waals surface area contributed by atoms with Crippen molar-refractivity contribution in [2.45, 2.75) is 26.7 Å². The summed E-state index contributed by atoms with van der Waals surface area (Å²) in [6, 6.07) is 14.0. The molecular weight excluding hydrogens is 330 g/mol. The van der Waals surface area contributed by atoms with Crippen LogP contribution in [0, 0.1) is 29.1 Å². The van der Waals surface area contributed by atoms with Crippen LogP contribution in [0.5, 0.6) is 0 Å². The molecule has 3 atom stereocenters. The van der Waals surface area contributed by atoms with Gasteiger partial charge in [-0.05, 0) is 48.5 Å². The molecule has 0 amide bonds. The zero-order valence-electron chi connectivity index (χ0n) is 15.9. The molecule has 2 aromatic rings. The van der Waals surface area contributed by atoms with Crippen LogP contribution in [-0.2, 0) is 0 Å². The minimum Gasteiger partial charge on any atom is -0.388 e. The summed E-state index contributed by atoms with van der Waals surface area (Å²) in [5.41, 5.74) is 6.63. The molecule has 1 N–H and O–H groups in total. The van der Waals surface area contributed by atoms with E-state index in [1.54, 1.807) is 5.57 Å². The van der Waals surface area contributed by atoms with E-state index in [0.717, 1.165) is 23.4 Å². The molecule has 0 unspecified atom stereocenters. The van der Waals surface area contributed by atoms with Gasteiger partial charge in [0.25, 0.3) is 0 Å². The Morgan fingerprint density at radius 2 is 2.04 bits per heavy atom. The van der Waals surface area contributed by atoms with E-state index < -0.39 is 0 Å². The number of aromatic nitrogens is 1. The Morgan fingerprint density at radius 3 is 2.81 bits per heavy atom. The van der Waals surface area contributed by atoms with E-state index in [1.165, 1.54) is 18.5 Å². The Bertz CT molecular complexity index is 931. The lowest BCUT2D eigenvalue weighted by molar-refractivity contribution is 0.303. The Kier molecular flexibility index (Phi) is 4.81. The summed E-state index contributed by atoms with van der Waals surface area (Å²) in [6.45, 7) is 5.81. The highest BCUT2D eigenvalue weighted by Gasteiger charge is 2.33. The summed E-state index contributed by atoms with van der Waals surface area (Å²) >= 11 is 0. The fourth-order valence-electron chi connectivity index (χ4n) is 4.35. The summed E-state index contributed by atoms with van der Waals surface area (Å²) in [5.74, 6) is 1.85. The van der Waals surface area contributed by atoms with Gasteiger partial charge < -0.3 is 5.32 Å². The first-order chi connectivity index (χ1) is 13.2. The number of nitrogens with zero attached hydrogens (tertiary/aromatic N) is 2. The first-order valence-electron chi connectivity index (χ1n) is 9.77. The van der Waals surface area contributed by atoms with E-state index in [2.05, 4.69) is 48.4 Å². The van der Waals surface area contributed by atoms with E-state index in [9.17, 15) is 5.26 Å². The molecule has 136 valence electrons. The van der Waals surface area contributed by atoms with Gasteiger partial charge in [-0.2, -0.15) is 5.26 Å². The standard InChI is InChI=1S/C24H25N3/c1-16-13-24-23(11-12-26-24)21(17(16)2)10-9-20-8-7-19(15-27-20)22-6-4-3-5-18(22)14-25/h3-10,15-17,21,26H,11-13H2,1-2H3/b10-9+/t16-,17+,21-/m0/s1. The topological polar surface area (TPSA) is 48.7 Å². The number of rotatable bonds is 3. The summed E-state index contributed by atoms with van der Waals surface area (Å²) in [5, 5.41) is 12.9. The van der Waals surface area contributed by atoms with Crippen molar-refractivity contribution < 1.29 is 0 Å². The number of hydrogen-bond acceptors (Lipinski definition) is 3. The highest BCUT2D eigenvalue weighted by Crippen LogP contribution is 2.42. The van der Waals surface area contributed by atoms with Gasteiger partial charge in [0, 0.05) is 35.5 Å². The minimum absolute atomic E-state index is 0.500. The molecule has 0 bridgehead atoms. The highest BCUT2D eigenvalue weighted by molar-refractivity contribution is 5.70. The molecule has 0 spiro atoms. The number of nitriles is 1. The number of nitrogens with one attached hydrogen (secondary N) is 1. The molecule has 2 aliphatic rings. The highest BCUT2D eigenvalue weighted by atomic mass is 14.9.